The van der Waals surface area contributed by atoms with Crippen LogP contribution in [0.25, 0.3) is 5.69 Å². The zero-order chi connectivity index (χ0) is 15.7. The Hall–Kier alpha value is -2.63. The largest absolute Gasteiger partial charge is 0.480 e. The van der Waals surface area contributed by atoms with E-state index in [0.717, 1.165) is 12.1 Å². The molecule has 0 unspecified atom stereocenters. The Balaban J connectivity index is 1.85. The summed E-state index contributed by atoms with van der Waals surface area (Å²) in [5, 5.41) is 16.3. The standard InChI is InChI=1S/C16H17N3O3/c1-11-13(10-19(18-11)12-6-3-2-4-7-12)14(20)17-16(15(21)22)8-5-9-16/h2-4,6-7,10H,5,8-9H2,1H3,(H,17,20)(H,21,22). The van der Waals surface area contributed by atoms with Crippen molar-refractivity contribution in [2.24, 2.45) is 0 Å². The third kappa shape index (κ3) is 2.36. The number of aromatic nitrogens is 2. The maximum absolute atomic E-state index is 12.4. The Bertz CT molecular complexity index is 717. The molecule has 1 aromatic carbocycles. The molecule has 0 atom stereocenters. The molecule has 6 nitrogen and oxygen atoms in total. The molecule has 0 radical (unpaired) electrons. The number of hydrogen-bond acceptors (Lipinski definition) is 3. The van der Waals surface area contributed by atoms with E-state index in [1.54, 1.807) is 17.8 Å². The first-order chi connectivity index (χ1) is 10.5. The number of benzene rings is 1. The number of carbonyl (C=O) groups is 2. The van der Waals surface area contributed by atoms with E-state index in [1.165, 1.54) is 0 Å². The average molecular weight is 299 g/mol. The van der Waals surface area contributed by atoms with Crippen molar-refractivity contribution in [2.45, 2.75) is 31.7 Å². The molecule has 2 aromatic rings. The lowest BCUT2D eigenvalue weighted by Crippen LogP contribution is -2.59. The van der Waals surface area contributed by atoms with Gasteiger partial charge in [-0.15, -0.1) is 0 Å². The normalized spacial score (nSPS) is 15.9. The molecule has 1 aromatic heterocycles. The van der Waals surface area contributed by atoms with Gasteiger partial charge in [0.1, 0.15) is 5.54 Å². The van der Waals surface area contributed by atoms with Crippen molar-refractivity contribution in [3.8, 4) is 5.69 Å². The first kappa shape index (κ1) is 14.3. The molecule has 0 saturated heterocycles. The van der Waals surface area contributed by atoms with Gasteiger partial charge in [-0.1, -0.05) is 18.2 Å². The summed E-state index contributed by atoms with van der Waals surface area (Å²) < 4.78 is 1.62. The highest BCUT2D eigenvalue weighted by molar-refractivity contribution is 5.98. The quantitative estimate of drug-likeness (QED) is 0.903. The van der Waals surface area contributed by atoms with E-state index in [-0.39, 0.29) is 5.91 Å². The number of amides is 1. The number of aryl methyl sites for hydroxylation is 1. The molecule has 114 valence electrons. The van der Waals surface area contributed by atoms with Crippen LogP contribution in [-0.4, -0.2) is 32.3 Å². The molecule has 0 bridgehead atoms. The van der Waals surface area contributed by atoms with Crippen molar-refractivity contribution in [3.63, 3.8) is 0 Å². The van der Waals surface area contributed by atoms with Crippen LogP contribution < -0.4 is 5.32 Å². The van der Waals surface area contributed by atoms with E-state index in [2.05, 4.69) is 10.4 Å². The number of rotatable bonds is 4. The van der Waals surface area contributed by atoms with Crippen molar-refractivity contribution in [1.29, 1.82) is 0 Å². The number of aliphatic carboxylic acids is 1. The Kier molecular flexibility index (Phi) is 3.44. The molecule has 1 aliphatic rings. The fourth-order valence-electron chi connectivity index (χ4n) is 2.60. The Morgan fingerprint density at radius 1 is 1.27 bits per heavy atom. The molecule has 1 fully saturated rings. The monoisotopic (exact) mass is 299 g/mol. The lowest BCUT2D eigenvalue weighted by molar-refractivity contribution is -0.148. The van der Waals surface area contributed by atoms with Gasteiger partial charge in [0.25, 0.3) is 5.91 Å². The third-order valence-corrected chi connectivity index (χ3v) is 4.13. The van der Waals surface area contributed by atoms with Gasteiger partial charge >= 0.3 is 5.97 Å². The van der Waals surface area contributed by atoms with Crippen LogP contribution in [0.1, 0.15) is 35.3 Å². The number of nitrogens with zero attached hydrogens (tertiary/aromatic N) is 2. The fraction of sp³-hybridized carbons (Fsp3) is 0.312. The molecular formula is C16H17N3O3. The summed E-state index contributed by atoms with van der Waals surface area (Å²) in [6.45, 7) is 1.74. The van der Waals surface area contributed by atoms with Crippen LogP contribution in [-0.2, 0) is 4.79 Å². The Morgan fingerprint density at radius 3 is 2.50 bits per heavy atom. The molecule has 22 heavy (non-hydrogen) atoms. The zero-order valence-electron chi connectivity index (χ0n) is 12.2. The van der Waals surface area contributed by atoms with Gasteiger partial charge < -0.3 is 10.4 Å². The Morgan fingerprint density at radius 2 is 1.95 bits per heavy atom. The van der Waals surface area contributed by atoms with Crippen molar-refractivity contribution in [1.82, 2.24) is 15.1 Å². The SMILES string of the molecule is Cc1nn(-c2ccccc2)cc1C(=O)NC1(C(=O)O)CCC1. The number of nitrogens with one attached hydrogen (secondary N) is 1. The molecular weight excluding hydrogens is 282 g/mol. The van der Waals surface area contributed by atoms with E-state index in [1.807, 2.05) is 30.3 Å². The van der Waals surface area contributed by atoms with E-state index >= 15 is 0 Å². The van der Waals surface area contributed by atoms with Gasteiger partial charge in [0.05, 0.1) is 16.9 Å². The van der Waals surface area contributed by atoms with Crippen molar-refractivity contribution < 1.29 is 14.7 Å². The van der Waals surface area contributed by atoms with Gasteiger partial charge in [0.2, 0.25) is 0 Å². The summed E-state index contributed by atoms with van der Waals surface area (Å²) in [5.74, 6) is -1.36. The van der Waals surface area contributed by atoms with Crippen molar-refractivity contribution >= 4 is 11.9 Å². The second-order valence-corrected chi connectivity index (χ2v) is 5.60. The minimum Gasteiger partial charge on any atom is -0.480 e. The van der Waals surface area contributed by atoms with Gasteiger partial charge in [-0.05, 0) is 38.3 Å². The highest BCUT2D eigenvalue weighted by Gasteiger charge is 2.46. The number of carbonyl (C=O) groups excluding carboxylic acids is 1. The second-order valence-electron chi connectivity index (χ2n) is 5.60. The summed E-state index contributed by atoms with van der Waals surface area (Å²) in [6.07, 6.45) is 3.39. The zero-order valence-corrected chi connectivity index (χ0v) is 12.2. The van der Waals surface area contributed by atoms with E-state index < -0.39 is 11.5 Å². The van der Waals surface area contributed by atoms with E-state index in [0.29, 0.717) is 24.1 Å². The van der Waals surface area contributed by atoms with E-state index in [9.17, 15) is 14.7 Å². The molecule has 1 saturated carbocycles. The molecule has 1 amide bonds. The highest BCUT2D eigenvalue weighted by Crippen LogP contribution is 2.32. The maximum atomic E-state index is 12.4. The Labute approximate surface area is 127 Å². The van der Waals surface area contributed by atoms with Crippen LogP contribution in [0.15, 0.2) is 36.5 Å². The topological polar surface area (TPSA) is 84.2 Å². The molecule has 3 rings (SSSR count). The molecule has 1 aliphatic carbocycles. The lowest BCUT2D eigenvalue weighted by Gasteiger charge is -2.38. The van der Waals surface area contributed by atoms with Crippen LogP contribution in [0.4, 0.5) is 0 Å². The van der Waals surface area contributed by atoms with Gasteiger partial charge in [0.15, 0.2) is 0 Å². The number of carboxylic acids is 1. The van der Waals surface area contributed by atoms with Crippen LogP contribution in [0.2, 0.25) is 0 Å². The fourth-order valence-corrected chi connectivity index (χ4v) is 2.60. The molecule has 0 aliphatic heterocycles. The van der Waals surface area contributed by atoms with Crippen molar-refractivity contribution in [2.75, 3.05) is 0 Å². The third-order valence-electron chi connectivity index (χ3n) is 4.13. The smallest absolute Gasteiger partial charge is 0.329 e. The first-order valence-electron chi connectivity index (χ1n) is 7.19. The molecule has 2 N–H and O–H groups in total. The predicted octanol–water partition coefficient (Wildman–Crippen LogP) is 1.92. The average Bonchev–Trinajstić information content (AvgIpc) is 2.85. The van der Waals surface area contributed by atoms with E-state index in [4.69, 9.17) is 0 Å². The maximum Gasteiger partial charge on any atom is 0.329 e. The highest BCUT2D eigenvalue weighted by atomic mass is 16.4. The number of para-hydroxylation sites is 1. The van der Waals surface area contributed by atoms with Gasteiger partial charge in [-0.3, -0.25) is 4.79 Å². The van der Waals surface area contributed by atoms with Gasteiger partial charge in [-0.25, -0.2) is 9.48 Å². The summed E-state index contributed by atoms with van der Waals surface area (Å²) >= 11 is 0. The van der Waals surface area contributed by atoms with Gasteiger partial charge in [-0.2, -0.15) is 5.10 Å². The number of hydrogen-bond donors (Lipinski definition) is 2. The summed E-state index contributed by atoms with van der Waals surface area (Å²) in [7, 11) is 0. The van der Waals surface area contributed by atoms with Crippen molar-refractivity contribution in [3.05, 3.63) is 47.8 Å². The second kappa shape index (κ2) is 5.29. The predicted molar refractivity (Wildman–Crippen MR) is 80.0 cm³/mol. The van der Waals surface area contributed by atoms with Crippen LogP contribution in [0, 0.1) is 6.92 Å². The lowest BCUT2D eigenvalue weighted by atomic mass is 9.76. The minimum atomic E-state index is -1.11. The first-order valence-corrected chi connectivity index (χ1v) is 7.19. The minimum absolute atomic E-state index is 0.387. The summed E-state index contributed by atoms with van der Waals surface area (Å²) in [6, 6.07) is 9.46. The molecule has 0 spiro atoms. The molecule has 1 heterocycles. The van der Waals surface area contributed by atoms with Gasteiger partial charge in [0, 0.05) is 6.20 Å². The van der Waals surface area contributed by atoms with Crippen LogP contribution in [0.5, 0.6) is 0 Å². The number of carboxylic acid groups (broad SMARTS) is 1. The van der Waals surface area contributed by atoms with Crippen LogP contribution >= 0.6 is 0 Å². The molecule has 6 heteroatoms. The summed E-state index contributed by atoms with van der Waals surface area (Å²) in [5.41, 5.74) is 0.706. The summed E-state index contributed by atoms with van der Waals surface area (Å²) in [4.78, 5) is 23.7. The van der Waals surface area contributed by atoms with Crippen LogP contribution in [0.3, 0.4) is 0 Å².